The summed E-state index contributed by atoms with van der Waals surface area (Å²) in [6.45, 7) is -0.417. The third kappa shape index (κ3) is 23.9. The number of rotatable bonds is 26. The molecule has 3 aliphatic heterocycles. The zero-order valence-electron chi connectivity index (χ0n) is 58.1. The number of aliphatic carboxylic acids is 2. The Hall–Kier alpha value is -10.8. The van der Waals surface area contributed by atoms with Gasteiger partial charge < -0.3 is 100 Å². The fourth-order valence-electron chi connectivity index (χ4n) is 12.8. The number of nitrogens with one attached hydrogen (secondary N) is 13. The van der Waals surface area contributed by atoms with Crippen molar-refractivity contribution >= 4 is 132 Å². The number of primary amides is 1. The zero-order valence-corrected chi connectivity index (χ0v) is 59.8. The van der Waals surface area contributed by atoms with Crippen LogP contribution in [0.2, 0.25) is 0 Å². The highest BCUT2D eigenvalue weighted by molar-refractivity contribution is 8.76. The number of hydrogen-bond donors (Lipinski definition) is 18. The number of carboxylic acid groups (broad SMARTS) is 2. The van der Waals surface area contributed by atoms with E-state index < -0.39 is 169 Å². The molecule has 0 bridgehead atoms. The summed E-state index contributed by atoms with van der Waals surface area (Å²) in [5.41, 5.74) is 18.9. The predicted octanol–water partition coefficient (Wildman–Crippen LogP) is -1.95. The number of nitrogens with zero attached hydrogens (tertiary/aromatic N) is 3. The molecule has 35 nitrogen and oxygen atoms in total. The number of aromatic nitrogens is 3. The summed E-state index contributed by atoms with van der Waals surface area (Å²) in [7, 11) is 2.12. The Balaban J connectivity index is 1.09. The number of benzene rings is 3. The summed E-state index contributed by atoms with van der Waals surface area (Å²) >= 11 is 0. The number of guanidine groups is 1. The Morgan fingerprint density at radius 1 is 0.651 bits per heavy atom. The van der Waals surface area contributed by atoms with E-state index in [1.807, 2.05) is 36.4 Å². The molecule has 0 radical (unpaired) electrons. The Labute approximate surface area is 616 Å². The lowest BCUT2D eigenvalue weighted by atomic mass is 9.99. The molecule has 12 amide bonds. The molecule has 8 rings (SSSR count). The van der Waals surface area contributed by atoms with Crippen molar-refractivity contribution in [2.75, 3.05) is 44.2 Å². The number of carbonyl (C=O) groups excluding carboxylic acids is 12. The van der Waals surface area contributed by atoms with E-state index >= 15 is 14.4 Å². The Morgan fingerprint density at radius 3 is 1.98 bits per heavy atom. The molecule has 3 aliphatic rings. The van der Waals surface area contributed by atoms with E-state index in [4.69, 9.17) is 22.6 Å². The molecule has 0 saturated carbocycles. The first-order chi connectivity index (χ1) is 50.8. The van der Waals surface area contributed by atoms with Gasteiger partial charge in [0.15, 0.2) is 5.96 Å². The van der Waals surface area contributed by atoms with Crippen LogP contribution in [-0.2, 0) is 86.4 Å². The first kappa shape index (κ1) is 80.9. The highest BCUT2D eigenvalue weighted by Gasteiger charge is 2.45. The van der Waals surface area contributed by atoms with Gasteiger partial charge in [-0.2, -0.15) is 0 Å². The van der Waals surface area contributed by atoms with Gasteiger partial charge in [0.25, 0.3) is 0 Å². The van der Waals surface area contributed by atoms with E-state index in [-0.39, 0.29) is 101 Å². The summed E-state index contributed by atoms with van der Waals surface area (Å²) in [4.78, 5) is 209. The highest BCUT2D eigenvalue weighted by Crippen LogP contribution is 2.29. The number of para-hydroxylation sites is 1. The largest absolute Gasteiger partial charge is 0.481 e. The van der Waals surface area contributed by atoms with Crippen LogP contribution >= 0.6 is 21.6 Å². The lowest BCUT2D eigenvalue weighted by Crippen LogP contribution is -2.60. The molecular weight excluding hydrogens is 1420 g/mol. The average molecular weight is 1510 g/mol. The van der Waals surface area contributed by atoms with Gasteiger partial charge in [0.05, 0.1) is 19.3 Å². The normalized spacial score (nSPS) is 21.9. The third-order valence-electron chi connectivity index (χ3n) is 18.2. The van der Waals surface area contributed by atoms with Gasteiger partial charge in [-0.3, -0.25) is 72.5 Å². The van der Waals surface area contributed by atoms with Gasteiger partial charge in [0.1, 0.15) is 60.4 Å². The molecule has 0 aliphatic carbocycles. The number of aromatic amines is 2. The molecule has 0 unspecified atom stereocenters. The van der Waals surface area contributed by atoms with E-state index in [0.29, 0.717) is 53.4 Å². The molecule has 0 spiro atoms. The minimum Gasteiger partial charge on any atom is -0.481 e. The van der Waals surface area contributed by atoms with E-state index in [0.717, 1.165) is 32.4 Å². The van der Waals surface area contributed by atoms with Crippen molar-refractivity contribution in [3.63, 3.8) is 0 Å². The van der Waals surface area contributed by atoms with Gasteiger partial charge >= 0.3 is 11.9 Å². The maximum absolute atomic E-state index is 15.1. The van der Waals surface area contributed by atoms with Gasteiger partial charge in [-0.25, -0.2) is 4.98 Å². The standard InChI is InChI=1S/C69H91N19O16S2/c70-23-6-5-14-45(61(97)83-48(59(71)95)32-58(93)94)82-66(102)53-16-8-25-87(53)68(104)54-17-9-26-88(54)67(103)52-36-106-105-27-22-55(89)79-47(20-21-57(91)92)63(99)86-51(31-42-34-74-37-78-42)65(101)84-49(29-38-18-19-39-10-1-2-11-40(39)28-38)64(100)81-46(15-7-24-75-69(72)73)62(98)85-50(60(96)77-35-56(90)80-52)30-41-33-76-44-13-4-3-12-43(41)44/h1-4,10-13,18-19,28,33-34,37,45-54,76H,5-9,14-17,20-27,29-32,35-36,70H2,(H2,71,95)(H,74,78)(H,77,96)(H,79,89)(H,80,90)(H,81,100)(H,82,102)(H,83,97)(H,84,101)(H,85,98)(H,86,99)(H,91,92)(H,93,94)(H4,72,73,75)/t45-,46-,47-,48-,49+,50+,51-,52+,53-,54-/m0/s1. The SMILES string of the molecule is N=C(N)NCCC[C@@H]1NC(=O)[C@@H](Cc2ccc3ccccc3c2)NC(=O)[C@H](Cc2cnc[nH]2)NC(=O)[C@H](CCC(=O)O)NC(=O)CCSSC[C@H](C(=O)N2CCC[C@H]2C(=O)N2CCC[C@H]2C(=O)N[C@@H](CCCCN)C(=O)N[C@@H](CC(=O)O)C(N)=O)NC(=O)CNC(=O)[C@@H](Cc2c[nH]c3ccccc23)NC1=O. The predicted molar refractivity (Wildman–Crippen MR) is 390 cm³/mol. The van der Waals surface area contributed by atoms with Crippen LogP contribution in [0.15, 0.2) is 85.5 Å². The average Bonchev–Trinajstić information content (AvgIpc) is 1.62. The summed E-state index contributed by atoms with van der Waals surface area (Å²) in [5, 5.41) is 55.7. The smallest absolute Gasteiger partial charge is 0.305 e. The van der Waals surface area contributed by atoms with Crippen LogP contribution in [0.25, 0.3) is 21.7 Å². The molecule has 3 saturated heterocycles. The number of imidazole rings is 1. The first-order valence-corrected chi connectivity index (χ1v) is 37.4. The Morgan fingerprint density at radius 2 is 1.30 bits per heavy atom. The second kappa shape index (κ2) is 39.9. The minimum atomic E-state index is -1.61. The molecule has 10 atom stereocenters. The van der Waals surface area contributed by atoms with Crippen LogP contribution in [0.3, 0.4) is 0 Å². The van der Waals surface area contributed by atoms with E-state index in [1.165, 1.54) is 22.3 Å². The van der Waals surface area contributed by atoms with Crippen molar-refractivity contribution in [2.24, 2.45) is 17.2 Å². The quantitative estimate of drug-likeness (QED) is 0.0124. The van der Waals surface area contributed by atoms with Crippen LogP contribution < -0.4 is 70.4 Å². The molecule has 5 heterocycles. The number of carboxylic acids is 2. The van der Waals surface area contributed by atoms with E-state index in [2.05, 4.69) is 68.1 Å². The topological polar surface area (TPSA) is 553 Å². The lowest BCUT2D eigenvalue weighted by molar-refractivity contribution is -0.148. The van der Waals surface area contributed by atoms with Crippen molar-refractivity contribution in [3.05, 3.63) is 102 Å². The summed E-state index contributed by atoms with van der Waals surface area (Å²) in [6, 6.07) is 5.71. The van der Waals surface area contributed by atoms with E-state index in [9.17, 15) is 63.0 Å². The van der Waals surface area contributed by atoms with Crippen LogP contribution in [0, 0.1) is 5.41 Å². The van der Waals surface area contributed by atoms with Crippen molar-refractivity contribution in [1.29, 1.82) is 5.41 Å². The van der Waals surface area contributed by atoms with Gasteiger partial charge in [-0.1, -0.05) is 82.3 Å². The first-order valence-electron chi connectivity index (χ1n) is 34.9. The molecule has 5 aromatic rings. The highest BCUT2D eigenvalue weighted by atomic mass is 33.1. The number of nitrogens with two attached hydrogens (primary N) is 3. The van der Waals surface area contributed by atoms with Gasteiger partial charge in [-0.05, 0) is 98.7 Å². The van der Waals surface area contributed by atoms with E-state index in [1.54, 1.807) is 36.5 Å². The monoisotopic (exact) mass is 1510 g/mol. The second-order valence-corrected chi connectivity index (χ2v) is 28.6. The molecule has 21 N–H and O–H groups in total. The number of likely N-dealkylation sites (tertiary alicyclic amines) is 2. The van der Waals surface area contributed by atoms with Crippen LogP contribution in [0.1, 0.15) is 100 Å². The number of unbranched alkanes of at least 4 members (excludes halogenated alkanes) is 1. The third-order valence-corrected chi connectivity index (χ3v) is 20.6. The van der Waals surface area contributed by atoms with Crippen LogP contribution in [-0.4, -0.2) is 228 Å². The molecule has 3 aromatic carbocycles. The van der Waals surface area contributed by atoms with Crippen molar-refractivity contribution in [1.82, 2.24) is 77.9 Å². The van der Waals surface area contributed by atoms with Crippen LogP contribution in [0.4, 0.5) is 0 Å². The maximum atomic E-state index is 15.1. The second-order valence-electron chi connectivity index (χ2n) is 26.0. The Bertz CT molecular complexity index is 4010. The summed E-state index contributed by atoms with van der Waals surface area (Å²) < 4.78 is 0. The number of hydrogen-bond acceptors (Lipinski definition) is 19. The molecular formula is C69H91N19O16S2. The summed E-state index contributed by atoms with van der Waals surface area (Å²) in [6.07, 6.45) is 3.23. The van der Waals surface area contributed by atoms with Crippen molar-refractivity contribution in [2.45, 2.75) is 163 Å². The molecule has 37 heteroatoms. The zero-order chi connectivity index (χ0) is 76.4. The fourth-order valence-corrected chi connectivity index (χ4v) is 14.9. The number of fused-ring (bicyclic) bond motifs is 2. The van der Waals surface area contributed by atoms with Gasteiger partial charge in [-0.15, -0.1) is 0 Å². The van der Waals surface area contributed by atoms with Gasteiger partial charge in [0, 0.05) is 92.2 Å². The fraction of sp³-hybridized carbons (Fsp3) is 0.478. The van der Waals surface area contributed by atoms with Gasteiger partial charge in [0.2, 0.25) is 70.9 Å². The number of H-pyrrole nitrogens is 2. The molecule has 2 aromatic heterocycles. The lowest BCUT2D eigenvalue weighted by Gasteiger charge is -2.33. The molecule has 3 fully saturated rings. The maximum Gasteiger partial charge on any atom is 0.305 e. The number of carbonyl (C=O) groups is 14. The van der Waals surface area contributed by atoms with Crippen molar-refractivity contribution in [3.8, 4) is 0 Å². The van der Waals surface area contributed by atoms with Crippen molar-refractivity contribution < 1.29 is 77.3 Å². The summed E-state index contributed by atoms with van der Waals surface area (Å²) in [5.74, 6) is -13.6. The molecule has 570 valence electrons. The minimum absolute atomic E-state index is 0.00668. The number of amides is 12. The Kier molecular flexibility index (Phi) is 30.4. The van der Waals surface area contributed by atoms with Crippen LogP contribution in [0.5, 0.6) is 0 Å². The molecule has 106 heavy (non-hydrogen) atoms.